The Morgan fingerprint density at radius 2 is 1.61 bits per heavy atom. The first-order valence-electron chi connectivity index (χ1n) is 10.8. The van der Waals surface area contributed by atoms with E-state index in [4.69, 9.17) is 23.2 Å². The van der Waals surface area contributed by atoms with E-state index in [1.54, 1.807) is 17.0 Å². The number of amides is 2. The lowest BCUT2D eigenvalue weighted by Gasteiger charge is -2.31. The second-order valence-corrected chi connectivity index (χ2v) is 8.81. The Morgan fingerprint density at radius 1 is 0.968 bits per heavy atom. The van der Waals surface area contributed by atoms with E-state index in [1.807, 2.05) is 58.0 Å². The molecule has 0 heterocycles. The third kappa shape index (κ3) is 7.55. The van der Waals surface area contributed by atoms with Crippen LogP contribution >= 0.6 is 23.2 Å². The summed E-state index contributed by atoms with van der Waals surface area (Å²) in [6, 6.07) is 13.0. The number of hydrogen-bond acceptors (Lipinski definition) is 2. The maximum atomic E-state index is 13.3. The molecule has 0 aromatic heterocycles. The standard InChI is InChI=1S/C25H32Cl2N2O2/c1-5-18(4)28-25(31)23(6-2)29(16-20-11-13-21(26)22(27)15-20)24(30)14-12-19-9-7-17(3)8-10-19/h7-11,13,15,18,23H,5-6,12,14,16H2,1-4H3,(H,28,31)/t18-,23+/m1/s1. The van der Waals surface area contributed by atoms with Crippen LogP contribution in [-0.4, -0.2) is 28.8 Å². The number of hydrogen-bond donors (Lipinski definition) is 1. The first kappa shape index (κ1) is 25.2. The van der Waals surface area contributed by atoms with E-state index in [-0.39, 0.29) is 17.9 Å². The molecule has 0 spiro atoms. The van der Waals surface area contributed by atoms with Crippen molar-refractivity contribution in [1.82, 2.24) is 10.2 Å². The molecule has 2 rings (SSSR count). The third-order valence-electron chi connectivity index (χ3n) is 5.47. The number of nitrogens with zero attached hydrogens (tertiary/aromatic N) is 1. The molecule has 6 heteroatoms. The fraction of sp³-hybridized carbons (Fsp3) is 0.440. The van der Waals surface area contributed by atoms with Gasteiger partial charge in [0.2, 0.25) is 11.8 Å². The van der Waals surface area contributed by atoms with Crippen LogP contribution in [0.3, 0.4) is 0 Å². The van der Waals surface area contributed by atoms with Gasteiger partial charge in [0, 0.05) is 19.0 Å². The maximum absolute atomic E-state index is 13.3. The highest BCUT2D eigenvalue weighted by molar-refractivity contribution is 6.42. The Bertz CT molecular complexity index is 884. The number of carbonyl (C=O) groups excluding carboxylic acids is 2. The van der Waals surface area contributed by atoms with Crippen molar-refractivity contribution in [1.29, 1.82) is 0 Å². The van der Waals surface area contributed by atoms with E-state index in [2.05, 4.69) is 5.32 Å². The van der Waals surface area contributed by atoms with Crippen molar-refractivity contribution in [3.8, 4) is 0 Å². The molecule has 0 saturated heterocycles. The van der Waals surface area contributed by atoms with E-state index in [9.17, 15) is 9.59 Å². The molecule has 2 aromatic rings. The number of aryl methyl sites for hydroxylation is 2. The van der Waals surface area contributed by atoms with Gasteiger partial charge in [0.05, 0.1) is 10.0 Å². The van der Waals surface area contributed by atoms with Crippen molar-refractivity contribution in [3.05, 3.63) is 69.2 Å². The molecule has 4 nitrogen and oxygen atoms in total. The van der Waals surface area contributed by atoms with Crippen LogP contribution in [0, 0.1) is 6.92 Å². The van der Waals surface area contributed by atoms with Gasteiger partial charge < -0.3 is 10.2 Å². The van der Waals surface area contributed by atoms with Crippen LogP contribution in [0.5, 0.6) is 0 Å². The van der Waals surface area contributed by atoms with Crippen LogP contribution in [0.1, 0.15) is 56.7 Å². The summed E-state index contributed by atoms with van der Waals surface area (Å²) in [6.45, 7) is 8.25. The molecule has 0 radical (unpaired) electrons. The molecule has 2 atom stereocenters. The van der Waals surface area contributed by atoms with Crippen molar-refractivity contribution >= 4 is 35.0 Å². The van der Waals surface area contributed by atoms with E-state index < -0.39 is 6.04 Å². The lowest BCUT2D eigenvalue weighted by Crippen LogP contribution is -2.50. The molecule has 168 valence electrons. The summed E-state index contributed by atoms with van der Waals surface area (Å²) in [6.07, 6.45) is 2.31. The molecule has 1 N–H and O–H groups in total. The summed E-state index contributed by atoms with van der Waals surface area (Å²) in [5, 5.41) is 3.92. The number of rotatable bonds is 10. The van der Waals surface area contributed by atoms with Gasteiger partial charge in [0.1, 0.15) is 6.04 Å². The number of nitrogens with one attached hydrogen (secondary N) is 1. The van der Waals surface area contributed by atoms with Crippen molar-refractivity contribution in [2.45, 2.75) is 72.0 Å². The van der Waals surface area contributed by atoms with Gasteiger partial charge in [0.25, 0.3) is 0 Å². The Balaban J connectivity index is 2.23. The monoisotopic (exact) mass is 462 g/mol. The lowest BCUT2D eigenvalue weighted by molar-refractivity contribution is -0.141. The van der Waals surface area contributed by atoms with Gasteiger partial charge in [-0.1, -0.05) is 72.9 Å². The zero-order valence-electron chi connectivity index (χ0n) is 18.8. The van der Waals surface area contributed by atoms with Crippen LogP contribution in [0.4, 0.5) is 0 Å². The molecule has 31 heavy (non-hydrogen) atoms. The third-order valence-corrected chi connectivity index (χ3v) is 6.21. The number of benzene rings is 2. The molecule has 2 amide bonds. The highest BCUT2D eigenvalue weighted by atomic mass is 35.5. The van der Waals surface area contributed by atoms with E-state index in [0.717, 1.165) is 17.5 Å². The molecule has 0 bridgehead atoms. The largest absolute Gasteiger partial charge is 0.352 e. The minimum atomic E-state index is -0.547. The summed E-state index contributed by atoms with van der Waals surface area (Å²) in [7, 11) is 0. The van der Waals surface area contributed by atoms with Crippen molar-refractivity contribution in [2.75, 3.05) is 0 Å². The van der Waals surface area contributed by atoms with Crippen molar-refractivity contribution in [2.24, 2.45) is 0 Å². The van der Waals surface area contributed by atoms with Gasteiger partial charge in [0.15, 0.2) is 0 Å². The van der Waals surface area contributed by atoms with Gasteiger partial charge in [-0.2, -0.15) is 0 Å². The van der Waals surface area contributed by atoms with Gasteiger partial charge in [-0.25, -0.2) is 0 Å². The fourth-order valence-corrected chi connectivity index (χ4v) is 3.67. The van der Waals surface area contributed by atoms with Gasteiger partial charge in [-0.05, 0) is 56.4 Å². The van der Waals surface area contributed by atoms with Crippen LogP contribution in [-0.2, 0) is 22.6 Å². The predicted octanol–water partition coefficient (Wildman–Crippen LogP) is 5.96. The highest BCUT2D eigenvalue weighted by Crippen LogP contribution is 2.24. The summed E-state index contributed by atoms with van der Waals surface area (Å²) in [4.78, 5) is 27.9. The summed E-state index contributed by atoms with van der Waals surface area (Å²) >= 11 is 12.2. The van der Waals surface area contributed by atoms with Crippen molar-refractivity contribution < 1.29 is 9.59 Å². The van der Waals surface area contributed by atoms with Crippen LogP contribution in [0.2, 0.25) is 10.0 Å². The molecule has 0 unspecified atom stereocenters. The van der Waals surface area contributed by atoms with E-state index in [1.165, 1.54) is 5.56 Å². The Hall–Kier alpha value is -2.04. The molecular weight excluding hydrogens is 431 g/mol. The molecule has 0 aliphatic heterocycles. The SMILES string of the molecule is CC[C@@H](C)NC(=O)[C@H](CC)N(Cc1ccc(Cl)c(Cl)c1)C(=O)CCc1ccc(C)cc1. The first-order valence-corrected chi connectivity index (χ1v) is 11.6. The Labute approximate surface area is 195 Å². The Kier molecular flexibility index (Phi) is 9.86. The minimum Gasteiger partial charge on any atom is -0.352 e. The number of halogens is 2. The van der Waals surface area contributed by atoms with E-state index >= 15 is 0 Å². The fourth-order valence-electron chi connectivity index (χ4n) is 3.34. The normalized spacial score (nSPS) is 12.8. The average molecular weight is 463 g/mol. The summed E-state index contributed by atoms with van der Waals surface area (Å²) < 4.78 is 0. The second kappa shape index (κ2) is 12.1. The first-order chi connectivity index (χ1) is 14.7. The van der Waals surface area contributed by atoms with Gasteiger partial charge in [-0.15, -0.1) is 0 Å². The van der Waals surface area contributed by atoms with Gasteiger partial charge in [-0.3, -0.25) is 9.59 Å². The van der Waals surface area contributed by atoms with Crippen LogP contribution in [0.25, 0.3) is 0 Å². The molecule has 0 fully saturated rings. The molecule has 2 aromatic carbocycles. The van der Waals surface area contributed by atoms with Crippen LogP contribution in [0.15, 0.2) is 42.5 Å². The summed E-state index contributed by atoms with van der Waals surface area (Å²) in [5.41, 5.74) is 3.13. The van der Waals surface area contributed by atoms with Crippen LogP contribution < -0.4 is 5.32 Å². The minimum absolute atomic E-state index is 0.0519. The maximum Gasteiger partial charge on any atom is 0.243 e. The lowest BCUT2D eigenvalue weighted by atomic mass is 10.0. The zero-order valence-corrected chi connectivity index (χ0v) is 20.3. The summed E-state index contributed by atoms with van der Waals surface area (Å²) in [5.74, 6) is -0.182. The zero-order chi connectivity index (χ0) is 23.0. The molecule has 0 aliphatic rings. The van der Waals surface area contributed by atoms with Crippen molar-refractivity contribution in [3.63, 3.8) is 0 Å². The second-order valence-electron chi connectivity index (χ2n) is 8.00. The predicted molar refractivity (Wildman–Crippen MR) is 128 cm³/mol. The average Bonchev–Trinajstić information content (AvgIpc) is 2.75. The van der Waals surface area contributed by atoms with E-state index in [0.29, 0.717) is 35.9 Å². The number of carbonyl (C=O) groups is 2. The molecular formula is C25H32Cl2N2O2. The molecule has 0 saturated carbocycles. The highest BCUT2D eigenvalue weighted by Gasteiger charge is 2.29. The molecule has 0 aliphatic carbocycles. The smallest absolute Gasteiger partial charge is 0.243 e. The quantitative estimate of drug-likeness (QED) is 0.473. The van der Waals surface area contributed by atoms with Gasteiger partial charge >= 0.3 is 0 Å². The Morgan fingerprint density at radius 3 is 2.19 bits per heavy atom. The topological polar surface area (TPSA) is 49.4 Å².